The summed E-state index contributed by atoms with van der Waals surface area (Å²) in [6.07, 6.45) is 2.10. The fourth-order valence-corrected chi connectivity index (χ4v) is 1.58. The van der Waals surface area contributed by atoms with Gasteiger partial charge in [-0.3, -0.25) is 0 Å². The Hall–Kier alpha value is -1.13. The van der Waals surface area contributed by atoms with Crippen LogP contribution in [0.5, 0.6) is 5.88 Å². The molecule has 4 nitrogen and oxygen atoms in total. The summed E-state index contributed by atoms with van der Waals surface area (Å²) in [5.74, 6) is 0.652. The highest BCUT2D eigenvalue weighted by atomic mass is 16.5. The number of hydrogen-bond donors (Lipinski definition) is 1. The molecule has 0 aromatic carbocycles. The molecule has 15 heavy (non-hydrogen) atoms. The SMILES string of the molecule is CC1CNCC(COc2ccccn2)O1. The summed E-state index contributed by atoms with van der Waals surface area (Å²) in [4.78, 5) is 4.08. The molecule has 1 saturated heterocycles. The average molecular weight is 208 g/mol. The van der Waals surface area contributed by atoms with Crippen LogP contribution in [0.15, 0.2) is 24.4 Å². The van der Waals surface area contributed by atoms with Gasteiger partial charge >= 0.3 is 0 Å². The quantitative estimate of drug-likeness (QED) is 0.799. The van der Waals surface area contributed by atoms with Crippen molar-refractivity contribution in [2.45, 2.75) is 19.1 Å². The van der Waals surface area contributed by atoms with Gasteiger partial charge in [0.25, 0.3) is 0 Å². The number of rotatable bonds is 3. The van der Waals surface area contributed by atoms with Gasteiger partial charge in [-0.25, -0.2) is 4.98 Å². The minimum atomic E-state index is 0.121. The van der Waals surface area contributed by atoms with Crippen molar-refractivity contribution in [3.05, 3.63) is 24.4 Å². The Kier molecular flexibility index (Phi) is 3.53. The monoisotopic (exact) mass is 208 g/mol. The second-order valence-corrected chi connectivity index (χ2v) is 3.71. The van der Waals surface area contributed by atoms with E-state index >= 15 is 0 Å². The van der Waals surface area contributed by atoms with Gasteiger partial charge in [0.1, 0.15) is 12.7 Å². The summed E-state index contributed by atoms with van der Waals surface area (Å²) >= 11 is 0. The summed E-state index contributed by atoms with van der Waals surface area (Å²) in [7, 11) is 0. The Morgan fingerprint density at radius 1 is 1.53 bits per heavy atom. The van der Waals surface area contributed by atoms with Gasteiger partial charge in [0, 0.05) is 25.4 Å². The molecule has 4 heteroatoms. The van der Waals surface area contributed by atoms with Crippen molar-refractivity contribution >= 4 is 0 Å². The van der Waals surface area contributed by atoms with Crippen LogP contribution in [-0.4, -0.2) is 36.9 Å². The highest BCUT2D eigenvalue weighted by Crippen LogP contribution is 2.07. The van der Waals surface area contributed by atoms with E-state index in [1.165, 1.54) is 0 Å². The van der Waals surface area contributed by atoms with Gasteiger partial charge < -0.3 is 14.8 Å². The molecule has 2 atom stereocenters. The standard InChI is InChI=1S/C11H16N2O2/c1-9-6-12-7-10(15-9)8-14-11-4-2-3-5-13-11/h2-5,9-10,12H,6-8H2,1H3. The van der Waals surface area contributed by atoms with Crippen LogP contribution >= 0.6 is 0 Å². The number of hydrogen-bond acceptors (Lipinski definition) is 4. The van der Waals surface area contributed by atoms with E-state index in [0.717, 1.165) is 13.1 Å². The first-order valence-corrected chi connectivity index (χ1v) is 5.24. The lowest BCUT2D eigenvalue weighted by Gasteiger charge is -2.28. The van der Waals surface area contributed by atoms with E-state index in [4.69, 9.17) is 9.47 Å². The van der Waals surface area contributed by atoms with E-state index in [1.807, 2.05) is 18.2 Å². The molecule has 2 heterocycles. The van der Waals surface area contributed by atoms with Gasteiger partial charge in [0.05, 0.1) is 6.10 Å². The van der Waals surface area contributed by atoms with E-state index < -0.39 is 0 Å². The Bertz CT molecular complexity index is 292. The highest BCUT2D eigenvalue weighted by Gasteiger charge is 2.19. The first kappa shape index (κ1) is 10.4. The fourth-order valence-electron chi connectivity index (χ4n) is 1.58. The maximum Gasteiger partial charge on any atom is 0.213 e. The predicted molar refractivity (Wildman–Crippen MR) is 56.9 cm³/mol. The summed E-state index contributed by atoms with van der Waals surface area (Å²) in [6, 6.07) is 5.62. The number of aromatic nitrogens is 1. The van der Waals surface area contributed by atoms with Gasteiger partial charge in [-0.05, 0) is 13.0 Å². The van der Waals surface area contributed by atoms with E-state index in [-0.39, 0.29) is 12.2 Å². The van der Waals surface area contributed by atoms with Crippen LogP contribution in [0.1, 0.15) is 6.92 Å². The first-order chi connectivity index (χ1) is 7.34. The van der Waals surface area contributed by atoms with Crippen LogP contribution in [0.2, 0.25) is 0 Å². The highest BCUT2D eigenvalue weighted by molar-refractivity contribution is 5.09. The van der Waals surface area contributed by atoms with Crippen molar-refractivity contribution in [1.29, 1.82) is 0 Å². The van der Waals surface area contributed by atoms with Crippen LogP contribution in [0, 0.1) is 0 Å². The Balaban J connectivity index is 1.78. The maximum absolute atomic E-state index is 5.69. The molecule has 0 bridgehead atoms. The molecule has 0 amide bonds. The third kappa shape index (κ3) is 3.18. The van der Waals surface area contributed by atoms with Crippen LogP contribution in [-0.2, 0) is 4.74 Å². The number of nitrogens with zero attached hydrogens (tertiary/aromatic N) is 1. The van der Waals surface area contributed by atoms with E-state index in [2.05, 4.69) is 17.2 Å². The average Bonchev–Trinajstić information content (AvgIpc) is 2.28. The maximum atomic E-state index is 5.69. The number of nitrogens with one attached hydrogen (secondary N) is 1. The Labute approximate surface area is 89.6 Å². The van der Waals surface area contributed by atoms with Crippen molar-refractivity contribution < 1.29 is 9.47 Å². The molecule has 1 aromatic heterocycles. The topological polar surface area (TPSA) is 43.4 Å². The molecule has 0 radical (unpaired) electrons. The Morgan fingerprint density at radius 3 is 3.20 bits per heavy atom. The van der Waals surface area contributed by atoms with Gasteiger partial charge in [-0.1, -0.05) is 6.07 Å². The minimum Gasteiger partial charge on any atom is -0.475 e. The van der Waals surface area contributed by atoms with Gasteiger partial charge in [0.2, 0.25) is 5.88 Å². The molecule has 0 spiro atoms. The molecule has 2 rings (SSSR count). The molecule has 1 fully saturated rings. The third-order valence-corrected chi connectivity index (χ3v) is 2.28. The minimum absolute atomic E-state index is 0.121. The fraction of sp³-hybridized carbons (Fsp3) is 0.545. The van der Waals surface area contributed by atoms with Crippen LogP contribution in [0.4, 0.5) is 0 Å². The van der Waals surface area contributed by atoms with Gasteiger partial charge in [-0.15, -0.1) is 0 Å². The second kappa shape index (κ2) is 5.09. The molecule has 1 aliphatic heterocycles. The molecule has 1 N–H and O–H groups in total. The van der Waals surface area contributed by atoms with Gasteiger partial charge in [0.15, 0.2) is 0 Å². The largest absolute Gasteiger partial charge is 0.475 e. The molecule has 1 aromatic rings. The molecule has 1 aliphatic rings. The Morgan fingerprint density at radius 2 is 2.47 bits per heavy atom. The molecule has 2 unspecified atom stereocenters. The number of pyridine rings is 1. The van der Waals surface area contributed by atoms with Crippen LogP contribution in [0.25, 0.3) is 0 Å². The van der Waals surface area contributed by atoms with Crippen molar-refractivity contribution in [3.63, 3.8) is 0 Å². The smallest absolute Gasteiger partial charge is 0.213 e. The van der Waals surface area contributed by atoms with E-state index in [1.54, 1.807) is 6.20 Å². The van der Waals surface area contributed by atoms with E-state index in [9.17, 15) is 0 Å². The zero-order valence-electron chi connectivity index (χ0n) is 8.85. The third-order valence-electron chi connectivity index (χ3n) is 2.28. The van der Waals surface area contributed by atoms with Crippen molar-refractivity contribution in [2.24, 2.45) is 0 Å². The summed E-state index contributed by atoms with van der Waals surface area (Å²) in [6.45, 7) is 4.37. The lowest BCUT2D eigenvalue weighted by Crippen LogP contribution is -2.45. The normalized spacial score (nSPS) is 26.2. The zero-order chi connectivity index (χ0) is 10.5. The first-order valence-electron chi connectivity index (χ1n) is 5.24. The molecular weight excluding hydrogens is 192 g/mol. The van der Waals surface area contributed by atoms with Gasteiger partial charge in [-0.2, -0.15) is 0 Å². The number of morpholine rings is 1. The summed E-state index contributed by atoms with van der Waals surface area (Å²) in [5, 5.41) is 3.30. The second-order valence-electron chi connectivity index (χ2n) is 3.71. The molecule has 0 saturated carbocycles. The summed E-state index contributed by atoms with van der Waals surface area (Å²) in [5.41, 5.74) is 0. The predicted octanol–water partition coefficient (Wildman–Crippen LogP) is 0.837. The molecule has 0 aliphatic carbocycles. The van der Waals surface area contributed by atoms with Crippen LogP contribution in [0.3, 0.4) is 0 Å². The molecule has 82 valence electrons. The van der Waals surface area contributed by atoms with Crippen LogP contribution < -0.4 is 10.1 Å². The summed E-state index contributed by atoms with van der Waals surface area (Å²) < 4.78 is 11.2. The van der Waals surface area contributed by atoms with Crippen molar-refractivity contribution in [2.75, 3.05) is 19.7 Å². The number of ether oxygens (including phenoxy) is 2. The van der Waals surface area contributed by atoms with Crippen molar-refractivity contribution in [1.82, 2.24) is 10.3 Å². The lowest BCUT2D eigenvalue weighted by molar-refractivity contribution is -0.0476. The van der Waals surface area contributed by atoms with Crippen molar-refractivity contribution in [3.8, 4) is 5.88 Å². The van der Waals surface area contributed by atoms with E-state index in [0.29, 0.717) is 12.5 Å². The lowest BCUT2D eigenvalue weighted by atomic mass is 10.2. The zero-order valence-corrected chi connectivity index (χ0v) is 8.85. The molecular formula is C11H16N2O2.